The standard InChI is InChI=1S/C22H25F3N6O3/c1-3-4-18(32)26-7-8-28-20(33)19-16-12-31(30-17(16)5-6-27-19)11-15-9-14(2)21(29-10-15)34-13-22(23,24)25/h5-6,9-10,12H,3-4,7-8,11,13H2,1-2H3,(H,26,32)(H,28,33). The van der Waals surface area contributed by atoms with Gasteiger partial charge in [-0.3, -0.25) is 19.3 Å². The molecule has 0 bridgehead atoms. The lowest BCUT2D eigenvalue weighted by Crippen LogP contribution is -2.34. The first-order chi connectivity index (χ1) is 16.2. The van der Waals surface area contributed by atoms with Crippen molar-refractivity contribution in [1.82, 2.24) is 30.4 Å². The molecule has 0 aliphatic rings. The quantitative estimate of drug-likeness (QED) is 0.434. The highest BCUT2D eigenvalue weighted by Crippen LogP contribution is 2.21. The number of rotatable bonds is 10. The van der Waals surface area contributed by atoms with Gasteiger partial charge in [0.25, 0.3) is 5.91 Å². The summed E-state index contributed by atoms with van der Waals surface area (Å²) in [6.07, 6.45) is 1.32. The highest BCUT2D eigenvalue weighted by Gasteiger charge is 2.29. The number of carbonyl (C=O) groups is 2. The van der Waals surface area contributed by atoms with E-state index in [2.05, 4.69) is 25.7 Å². The van der Waals surface area contributed by atoms with Gasteiger partial charge in [-0.1, -0.05) is 6.92 Å². The molecule has 3 aromatic heterocycles. The number of aromatic nitrogens is 4. The van der Waals surface area contributed by atoms with Crippen LogP contribution in [-0.2, 0) is 11.3 Å². The highest BCUT2D eigenvalue weighted by molar-refractivity contribution is 6.04. The molecule has 0 saturated heterocycles. The van der Waals surface area contributed by atoms with Crippen LogP contribution in [0, 0.1) is 6.92 Å². The zero-order chi connectivity index (χ0) is 24.7. The Hall–Kier alpha value is -3.70. The van der Waals surface area contributed by atoms with Crippen molar-refractivity contribution in [3.05, 3.63) is 47.5 Å². The Morgan fingerprint density at radius 3 is 2.65 bits per heavy atom. The Bertz CT molecular complexity index is 1160. The Morgan fingerprint density at radius 1 is 1.18 bits per heavy atom. The molecule has 0 radical (unpaired) electrons. The molecule has 0 saturated carbocycles. The Morgan fingerprint density at radius 2 is 1.94 bits per heavy atom. The van der Waals surface area contributed by atoms with Gasteiger partial charge in [0.05, 0.1) is 17.4 Å². The second-order valence-electron chi connectivity index (χ2n) is 7.64. The fourth-order valence-corrected chi connectivity index (χ4v) is 3.23. The van der Waals surface area contributed by atoms with E-state index in [4.69, 9.17) is 4.74 Å². The number of ether oxygens (including phenoxy) is 1. The number of pyridine rings is 2. The molecule has 3 rings (SSSR count). The molecule has 34 heavy (non-hydrogen) atoms. The van der Waals surface area contributed by atoms with E-state index in [0.29, 0.717) is 35.0 Å². The molecule has 0 spiro atoms. The monoisotopic (exact) mass is 478 g/mol. The maximum absolute atomic E-state index is 12.6. The number of hydrogen-bond acceptors (Lipinski definition) is 6. The molecule has 182 valence electrons. The maximum Gasteiger partial charge on any atom is 0.422 e. The minimum atomic E-state index is -4.44. The summed E-state index contributed by atoms with van der Waals surface area (Å²) in [5.74, 6) is -0.540. The maximum atomic E-state index is 12.6. The van der Waals surface area contributed by atoms with E-state index in [0.717, 1.165) is 6.42 Å². The first-order valence-electron chi connectivity index (χ1n) is 10.7. The van der Waals surface area contributed by atoms with Crippen LogP contribution in [0.3, 0.4) is 0 Å². The van der Waals surface area contributed by atoms with Crippen LogP contribution >= 0.6 is 0 Å². The van der Waals surface area contributed by atoms with Crippen molar-refractivity contribution in [3.63, 3.8) is 0 Å². The zero-order valence-corrected chi connectivity index (χ0v) is 18.8. The van der Waals surface area contributed by atoms with Crippen LogP contribution in [0.1, 0.15) is 41.4 Å². The molecule has 0 aromatic carbocycles. The second-order valence-corrected chi connectivity index (χ2v) is 7.64. The summed E-state index contributed by atoms with van der Waals surface area (Å²) in [7, 11) is 0. The molecule has 0 aliphatic carbocycles. The number of nitrogens with one attached hydrogen (secondary N) is 2. The van der Waals surface area contributed by atoms with Crippen molar-refractivity contribution < 1.29 is 27.5 Å². The lowest BCUT2D eigenvalue weighted by molar-refractivity contribution is -0.154. The predicted octanol–water partition coefficient (Wildman–Crippen LogP) is 2.77. The minimum Gasteiger partial charge on any atom is -0.468 e. The van der Waals surface area contributed by atoms with Gasteiger partial charge in [0.15, 0.2) is 6.61 Å². The summed E-state index contributed by atoms with van der Waals surface area (Å²) in [5.41, 5.74) is 1.93. The van der Waals surface area contributed by atoms with Crippen LogP contribution in [0.2, 0.25) is 0 Å². The minimum absolute atomic E-state index is 0.0667. The average molecular weight is 478 g/mol. The molecule has 2 amide bonds. The van der Waals surface area contributed by atoms with Gasteiger partial charge in [0.2, 0.25) is 11.8 Å². The number of amides is 2. The SMILES string of the molecule is CCCC(=O)NCCNC(=O)c1nccc2nn(Cc3cnc(OCC(F)(F)F)c(C)c3)cc12. The molecule has 2 N–H and O–H groups in total. The number of hydrogen-bond donors (Lipinski definition) is 2. The first-order valence-corrected chi connectivity index (χ1v) is 10.7. The van der Waals surface area contributed by atoms with E-state index >= 15 is 0 Å². The largest absolute Gasteiger partial charge is 0.468 e. The van der Waals surface area contributed by atoms with Crippen molar-refractivity contribution in [2.24, 2.45) is 0 Å². The van der Waals surface area contributed by atoms with E-state index in [9.17, 15) is 22.8 Å². The molecular formula is C22H25F3N6O3. The summed E-state index contributed by atoms with van der Waals surface area (Å²) < 4.78 is 43.4. The number of carbonyl (C=O) groups excluding carboxylic acids is 2. The van der Waals surface area contributed by atoms with Gasteiger partial charge in [-0.05, 0) is 31.0 Å². The van der Waals surface area contributed by atoms with E-state index in [1.165, 1.54) is 12.4 Å². The van der Waals surface area contributed by atoms with Crippen molar-refractivity contribution in [2.45, 2.75) is 39.4 Å². The molecule has 0 unspecified atom stereocenters. The fourth-order valence-electron chi connectivity index (χ4n) is 3.23. The lowest BCUT2D eigenvalue weighted by Gasteiger charge is -2.11. The Balaban J connectivity index is 1.66. The van der Waals surface area contributed by atoms with Gasteiger partial charge in [-0.15, -0.1) is 0 Å². The molecule has 3 heterocycles. The summed E-state index contributed by atoms with van der Waals surface area (Å²) in [6.45, 7) is 2.97. The molecule has 12 heteroatoms. The van der Waals surface area contributed by atoms with E-state index in [1.54, 1.807) is 29.9 Å². The molecule has 0 fully saturated rings. The molecule has 0 aliphatic heterocycles. The van der Waals surface area contributed by atoms with Crippen molar-refractivity contribution >= 4 is 22.7 Å². The molecule has 0 atom stereocenters. The third-order valence-electron chi connectivity index (χ3n) is 4.71. The number of fused-ring (bicyclic) bond motifs is 1. The predicted molar refractivity (Wildman–Crippen MR) is 117 cm³/mol. The topological polar surface area (TPSA) is 111 Å². The summed E-state index contributed by atoms with van der Waals surface area (Å²) in [4.78, 5) is 32.2. The second kappa shape index (κ2) is 10.9. The van der Waals surface area contributed by atoms with Crippen LogP contribution < -0.4 is 15.4 Å². The zero-order valence-electron chi connectivity index (χ0n) is 18.8. The Kier molecular flexibility index (Phi) is 8.03. The molecular weight excluding hydrogens is 453 g/mol. The number of nitrogens with zero attached hydrogens (tertiary/aromatic N) is 4. The van der Waals surface area contributed by atoms with Gasteiger partial charge in [-0.25, -0.2) is 4.98 Å². The van der Waals surface area contributed by atoms with Crippen molar-refractivity contribution in [1.29, 1.82) is 0 Å². The fraction of sp³-hybridized carbons (Fsp3) is 0.409. The van der Waals surface area contributed by atoms with Gasteiger partial charge in [-0.2, -0.15) is 18.3 Å². The van der Waals surface area contributed by atoms with Crippen molar-refractivity contribution in [2.75, 3.05) is 19.7 Å². The van der Waals surface area contributed by atoms with Gasteiger partial charge < -0.3 is 15.4 Å². The van der Waals surface area contributed by atoms with Crippen LogP contribution in [0.15, 0.2) is 30.7 Å². The van der Waals surface area contributed by atoms with E-state index < -0.39 is 18.7 Å². The van der Waals surface area contributed by atoms with Gasteiger partial charge in [0, 0.05) is 43.7 Å². The van der Waals surface area contributed by atoms with Gasteiger partial charge in [0.1, 0.15) is 5.69 Å². The third kappa shape index (κ3) is 6.90. The van der Waals surface area contributed by atoms with Crippen LogP contribution in [0.5, 0.6) is 5.88 Å². The van der Waals surface area contributed by atoms with Crippen LogP contribution in [-0.4, -0.2) is 57.4 Å². The highest BCUT2D eigenvalue weighted by atomic mass is 19.4. The number of aryl methyl sites for hydroxylation is 1. The summed E-state index contributed by atoms with van der Waals surface area (Å²) >= 11 is 0. The Labute approximate surface area is 193 Å². The van der Waals surface area contributed by atoms with Crippen LogP contribution in [0.4, 0.5) is 13.2 Å². The summed E-state index contributed by atoms with van der Waals surface area (Å²) in [6, 6.07) is 3.34. The van der Waals surface area contributed by atoms with Crippen LogP contribution in [0.25, 0.3) is 10.9 Å². The molecule has 9 nitrogen and oxygen atoms in total. The number of halogens is 3. The third-order valence-corrected chi connectivity index (χ3v) is 4.71. The molecule has 3 aromatic rings. The number of alkyl halides is 3. The average Bonchev–Trinajstić information content (AvgIpc) is 3.18. The van der Waals surface area contributed by atoms with E-state index in [-0.39, 0.29) is 30.6 Å². The van der Waals surface area contributed by atoms with Gasteiger partial charge >= 0.3 is 6.18 Å². The smallest absolute Gasteiger partial charge is 0.422 e. The normalized spacial score (nSPS) is 11.4. The van der Waals surface area contributed by atoms with E-state index in [1.807, 2.05) is 6.92 Å². The lowest BCUT2D eigenvalue weighted by atomic mass is 10.2. The first kappa shape index (κ1) is 24.9. The summed E-state index contributed by atoms with van der Waals surface area (Å²) in [5, 5.41) is 10.4. The van der Waals surface area contributed by atoms with Crippen molar-refractivity contribution in [3.8, 4) is 5.88 Å².